The molecule has 1 unspecified atom stereocenters. The van der Waals surface area contributed by atoms with Crippen molar-refractivity contribution in [1.29, 1.82) is 0 Å². The zero-order valence-electron chi connectivity index (χ0n) is 11.9. The van der Waals surface area contributed by atoms with Gasteiger partial charge in [-0.3, -0.25) is 0 Å². The molecule has 2 aromatic carbocycles. The van der Waals surface area contributed by atoms with Crippen molar-refractivity contribution in [3.05, 3.63) is 57.0 Å². The molecule has 0 saturated heterocycles. The minimum Gasteiger partial charge on any atom is -0.496 e. The number of hydrogen-bond acceptors (Lipinski definition) is 3. The number of benzene rings is 2. The Kier molecular flexibility index (Phi) is 5.51. The summed E-state index contributed by atoms with van der Waals surface area (Å²) < 4.78 is 11.6. The highest BCUT2D eigenvalue weighted by atomic mass is 79.9. The van der Waals surface area contributed by atoms with Gasteiger partial charge >= 0.3 is 0 Å². The van der Waals surface area contributed by atoms with Crippen LogP contribution in [0.5, 0.6) is 11.5 Å². The van der Waals surface area contributed by atoms with Gasteiger partial charge in [-0.1, -0.05) is 29.8 Å². The second kappa shape index (κ2) is 7.16. The van der Waals surface area contributed by atoms with Crippen molar-refractivity contribution in [1.82, 2.24) is 0 Å². The van der Waals surface area contributed by atoms with Crippen LogP contribution in [0.4, 0.5) is 0 Å². The lowest BCUT2D eigenvalue weighted by Crippen LogP contribution is -2.15. The van der Waals surface area contributed by atoms with Crippen molar-refractivity contribution in [3.63, 3.8) is 0 Å². The first-order valence-corrected chi connectivity index (χ1v) is 7.64. The first kappa shape index (κ1) is 16.1. The smallest absolute Gasteiger partial charge is 0.133 e. The first-order chi connectivity index (χ1) is 10.1. The highest BCUT2D eigenvalue weighted by Crippen LogP contribution is 2.36. The standard InChI is InChI=1S/C16H17BrClNO2/c1-20-15-9-12(17)16(21-2)8-11(15)14(19)7-10-5-3-4-6-13(10)18/h3-6,8-9,14H,7,19H2,1-2H3. The molecule has 0 fully saturated rings. The van der Waals surface area contributed by atoms with Crippen molar-refractivity contribution in [3.8, 4) is 11.5 Å². The molecule has 0 aliphatic carbocycles. The molecule has 112 valence electrons. The third-order valence-electron chi connectivity index (χ3n) is 3.30. The molecule has 21 heavy (non-hydrogen) atoms. The largest absolute Gasteiger partial charge is 0.496 e. The van der Waals surface area contributed by atoms with Gasteiger partial charge in [-0.2, -0.15) is 0 Å². The van der Waals surface area contributed by atoms with E-state index in [0.29, 0.717) is 6.42 Å². The van der Waals surface area contributed by atoms with Crippen LogP contribution in [0, 0.1) is 0 Å². The fraction of sp³-hybridized carbons (Fsp3) is 0.250. The molecule has 0 bridgehead atoms. The molecular formula is C16H17BrClNO2. The summed E-state index contributed by atoms with van der Waals surface area (Å²) in [6, 6.07) is 11.2. The van der Waals surface area contributed by atoms with Gasteiger partial charge in [0.15, 0.2) is 0 Å². The average Bonchev–Trinajstić information content (AvgIpc) is 2.49. The van der Waals surface area contributed by atoms with Gasteiger partial charge in [0.05, 0.1) is 18.7 Å². The molecule has 2 rings (SSSR count). The van der Waals surface area contributed by atoms with Gasteiger partial charge < -0.3 is 15.2 Å². The highest BCUT2D eigenvalue weighted by molar-refractivity contribution is 9.10. The van der Waals surface area contributed by atoms with Crippen LogP contribution < -0.4 is 15.2 Å². The summed E-state index contributed by atoms with van der Waals surface area (Å²) in [5, 5.41) is 0.719. The number of hydrogen-bond donors (Lipinski definition) is 1. The van der Waals surface area contributed by atoms with Crippen LogP contribution in [-0.2, 0) is 6.42 Å². The summed E-state index contributed by atoms with van der Waals surface area (Å²) >= 11 is 9.64. The zero-order valence-corrected chi connectivity index (χ0v) is 14.2. The molecule has 2 aromatic rings. The maximum atomic E-state index is 6.34. The fourth-order valence-corrected chi connectivity index (χ4v) is 2.88. The van der Waals surface area contributed by atoms with E-state index in [1.54, 1.807) is 14.2 Å². The molecule has 0 aromatic heterocycles. The van der Waals surface area contributed by atoms with Gasteiger partial charge in [-0.25, -0.2) is 0 Å². The number of rotatable bonds is 5. The Morgan fingerprint density at radius 1 is 1.14 bits per heavy atom. The average molecular weight is 371 g/mol. The summed E-state index contributed by atoms with van der Waals surface area (Å²) in [5.41, 5.74) is 8.23. The highest BCUT2D eigenvalue weighted by Gasteiger charge is 2.17. The van der Waals surface area contributed by atoms with E-state index in [1.807, 2.05) is 36.4 Å². The van der Waals surface area contributed by atoms with E-state index in [1.165, 1.54) is 0 Å². The van der Waals surface area contributed by atoms with Crippen molar-refractivity contribution >= 4 is 27.5 Å². The van der Waals surface area contributed by atoms with E-state index in [2.05, 4.69) is 15.9 Å². The summed E-state index contributed by atoms with van der Waals surface area (Å²) in [4.78, 5) is 0. The molecule has 2 N–H and O–H groups in total. The quantitative estimate of drug-likeness (QED) is 0.850. The van der Waals surface area contributed by atoms with Crippen LogP contribution in [0.25, 0.3) is 0 Å². The maximum absolute atomic E-state index is 6.34. The van der Waals surface area contributed by atoms with E-state index in [-0.39, 0.29) is 6.04 Å². The minimum absolute atomic E-state index is 0.234. The lowest BCUT2D eigenvalue weighted by molar-refractivity contribution is 0.393. The van der Waals surface area contributed by atoms with E-state index in [9.17, 15) is 0 Å². The molecule has 0 aliphatic rings. The first-order valence-electron chi connectivity index (χ1n) is 6.47. The van der Waals surface area contributed by atoms with Gasteiger partial charge in [0.25, 0.3) is 0 Å². The zero-order chi connectivity index (χ0) is 15.4. The molecular weight excluding hydrogens is 354 g/mol. The van der Waals surface area contributed by atoms with Gasteiger partial charge in [0, 0.05) is 16.6 Å². The number of ether oxygens (including phenoxy) is 2. The lowest BCUT2D eigenvalue weighted by atomic mass is 9.98. The Morgan fingerprint density at radius 3 is 2.43 bits per heavy atom. The van der Waals surface area contributed by atoms with Crippen molar-refractivity contribution in [2.24, 2.45) is 5.73 Å². The van der Waals surface area contributed by atoms with Crippen LogP contribution in [0.2, 0.25) is 5.02 Å². The third-order valence-corrected chi connectivity index (χ3v) is 4.29. The summed E-state index contributed by atoms with van der Waals surface area (Å²) in [6.45, 7) is 0. The third kappa shape index (κ3) is 3.70. The van der Waals surface area contributed by atoms with Crippen molar-refractivity contribution < 1.29 is 9.47 Å². The van der Waals surface area contributed by atoms with Gasteiger partial charge in [0.1, 0.15) is 11.5 Å². The second-order valence-corrected chi connectivity index (χ2v) is 5.89. The summed E-state index contributed by atoms with van der Waals surface area (Å²) in [5.74, 6) is 1.45. The van der Waals surface area contributed by atoms with E-state index in [4.69, 9.17) is 26.8 Å². The molecule has 0 heterocycles. The summed E-state index contributed by atoms with van der Waals surface area (Å²) in [7, 11) is 3.25. The second-order valence-electron chi connectivity index (χ2n) is 4.63. The SMILES string of the molecule is COc1cc(C(N)Cc2ccccc2Cl)c(OC)cc1Br. The maximum Gasteiger partial charge on any atom is 0.133 e. The Bertz CT molecular complexity index is 634. The topological polar surface area (TPSA) is 44.5 Å². The molecule has 1 atom stereocenters. The molecule has 0 spiro atoms. The molecule has 0 radical (unpaired) electrons. The number of nitrogens with two attached hydrogens (primary N) is 1. The Hall–Kier alpha value is -1.23. The number of halogens is 2. The number of methoxy groups -OCH3 is 2. The molecule has 0 saturated carbocycles. The Labute approximate surface area is 138 Å². The van der Waals surface area contributed by atoms with E-state index >= 15 is 0 Å². The van der Waals surface area contributed by atoms with Crippen molar-refractivity contribution in [2.45, 2.75) is 12.5 Å². The molecule has 0 aliphatic heterocycles. The van der Waals surface area contributed by atoms with Crippen LogP contribution in [0.15, 0.2) is 40.9 Å². The lowest BCUT2D eigenvalue weighted by Gasteiger charge is -2.18. The van der Waals surface area contributed by atoms with Gasteiger partial charge in [-0.15, -0.1) is 0 Å². The van der Waals surface area contributed by atoms with E-state index < -0.39 is 0 Å². The monoisotopic (exact) mass is 369 g/mol. The fourth-order valence-electron chi connectivity index (χ4n) is 2.18. The molecule has 5 heteroatoms. The normalized spacial score (nSPS) is 12.0. The Morgan fingerprint density at radius 2 is 1.81 bits per heavy atom. The minimum atomic E-state index is -0.234. The molecule has 0 amide bonds. The van der Waals surface area contributed by atoms with Gasteiger partial charge in [-0.05, 0) is 46.1 Å². The predicted octanol–water partition coefficient (Wildman–Crippen LogP) is 4.36. The molecule has 3 nitrogen and oxygen atoms in total. The van der Waals surface area contributed by atoms with Crippen LogP contribution >= 0.6 is 27.5 Å². The summed E-state index contributed by atoms with van der Waals surface area (Å²) in [6.07, 6.45) is 0.626. The van der Waals surface area contributed by atoms with Crippen LogP contribution in [0.3, 0.4) is 0 Å². The Balaban J connectivity index is 2.34. The van der Waals surface area contributed by atoms with Crippen molar-refractivity contribution in [2.75, 3.05) is 14.2 Å². The van der Waals surface area contributed by atoms with Crippen LogP contribution in [-0.4, -0.2) is 14.2 Å². The van der Waals surface area contributed by atoms with Gasteiger partial charge in [0.2, 0.25) is 0 Å². The predicted molar refractivity (Wildman–Crippen MR) is 89.3 cm³/mol. The van der Waals surface area contributed by atoms with E-state index in [0.717, 1.165) is 32.1 Å². The van der Waals surface area contributed by atoms with Crippen LogP contribution in [0.1, 0.15) is 17.2 Å².